The first-order valence-corrected chi connectivity index (χ1v) is 8.99. The molecular formula is C20H23ClN4O. The van der Waals surface area contributed by atoms with Crippen LogP contribution in [0.25, 0.3) is 17.0 Å². The van der Waals surface area contributed by atoms with Crippen molar-refractivity contribution in [3.63, 3.8) is 0 Å². The Morgan fingerprint density at radius 2 is 1.88 bits per heavy atom. The molecule has 1 aliphatic carbocycles. The fourth-order valence-electron chi connectivity index (χ4n) is 3.76. The van der Waals surface area contributed by atoms with E-state index in [0.717, 1.165) is 17.1 Å². The topological polar surface area (TPSA) is 50.3 Å². The molecule has 1 fully saturated rings. The van der Waals surface area contributed by atoms with Crippen molar-refractivity contribution in [3.05, 3.63) is 48.8 Å². The predicted octanol–water partition coefficient (Wildman–Crippen LogP) is 0.698. The zero-order valence-corrected chi connectivity index (χ0v) is 15.6. The van der Waals surface area contributed by atoms with Gasteiger partial charge in [-0.3, -0.25) is 4.79 Å². The molecule has 4 rings (SSSR count). The second-order valence-corrected chi connectivity index (χ2v) is 6.69. The fraction of sp³-hybridized carbons (Fsp3) is 0.350. The molecule has 6 heteroatoms. The molecule has 0 amide bonds. The highest BCUT2D eigenvalue weighted by Crippen LogP contribution is 2.29. The van der Waals surface area contributed by atoms with Crippen molar-refractivity contribution in [2.75, 3.05) is 5.32 Å². The normalized spacial score (nSPS) is 14.8. The van der Waals surface area contributed by atoms with Crippen LogP contribution in [0.15, 0.2) is 48.8 Å². The SMILES string of the molecule is CC(=O)[n+]1c(-c2ccccc2)c(NC2CCCCC2)n2cccnc21.[Cl-]. The van der Waals surface area contributed by atoms with Gasteiger partial charge in [-0.15, -0.1) is 0 Å². The molecule has 0 atom stereocenters. The van der Waals surface area contributed by atoms with Gasteiger partial charge in [0.1, 0.15) is 6.20 Å². The van der Waals surface area contributed by atoms with Crippen LogP contribution in [-0.4, -0.2) is 21.3 Å². The highest BCUT2D eigenvalue weighted by molar-refractivity contribution is 5.78. The highest BCUT2D eigenvalue weighted by atomic mass is 35.5. The van der Waals surface area contributed by atoms with Gasteiger partial charge in [0.2, 0.25) is 5.82 Å². The molecule has 1 N–H and O–H groups in total. The summed E-state index contributed by atoms with van der Waals surface area (Å²) in [6.45, 7) is 1.59. The molecular weight excluding hydrogens is 348 g/mol. The van der Waals surface area contributed by atoms with Crippen molar-refractivity contribution < 1.29 is 21.8 Å². The Kier molecular flexibility index (Phi) is 5.57. The van der Waals surface area contributed by atoms with Gasteiger partial charge in [0, 0.05) is 24.6 Å². The van der Waals surface area contributed by atoms with Crippen molar-refractivity contribution in [2.45, 2.75) is 45.1 Å². The molecule has 0 radical (unpaired) electrons. The molecule has 0 spiro atoms. The van der Waals surface area contributed by atoms with E-state index in [4.69, 9.17) is 0 Å². The number of nitrogens with one attached hydrogen (secondary N) is 1. The van der Waals surface area contributed by atoms with Crippen molar-refractivity contribution >= 4 is 17.5 Å². The van der Waals surface area contributed by atoms with E-state index in [1.165, 1.54) is 32.1 Å². The number of halogens is 1. The molecule has 1 aliphatic rings. The number of carbonyl (C=O) groups excluding carboxylic acids is 1. The van der Waals surface area contributed by atoms with Gasteiger partial charge < -0.3 is 17.7 Å². The Bertz CT molecular complexity index is 901. The maximum atomic E-state index is 12.4. The van der Waals surface area contributed by atoms with E-state index in [-0.39, 0.29) is 18.3 Å². The van der Waals surface area contributed by atoms with E-state index in [0.29, 0.717) is 11.8 Å². The third-order valence-electron chi connectivity index (χ3n) is 4.92. The lowest BCUT2D eigenvalue weighted by Crippen LogP contribution is -3.00. The maximum absolute atomic E-state index is 12.4. The number of aromatic nitrogens is 3. The largest absolute Gasteiger partial charge is 1.00 e. The molecule has 1 aromatic carbocycles. The highest BCUT2D eigenvalue weighted by Gasteiger charge is 2.30. The van der Waals surface area contributed by atoms with Gasteiger partial charge in [-0.2, -0.15) is 8.97 Å². The van der Waals surface area contributed by atoms with Gasteiger partial charge in [0.15, 0.2) is 5.69 Å². The lowest BCUT2D eigenvalue weighted by Gasteiger charge is -2.23. The number of nitrogens with zero attached hydrogens (tertiary/aromatic N) is 3. The average Bonchev–Trinajstić information content (AvgIpc) is 2.98. The summed E-state index contributed by atoms with van der Waals surface area (Å²) in [5.41, 5.74) is 1.90. The van der Waals surface area contributed by atoms with Crippen LogP contribution in [0.4, 0.5) is 5.82 Å². The number of rotatable bonds is 3. The number of benzene rings is 1. The van der Waals surface area contributed by atoms with Gasteiger partial charge in [-0.1, -0.05) is 54.6 Å². The monoisotopic (exact) mass is 370 g/mol. The van der Waals surface area contributed by atoms with Crippen LogP contribution in [0.2, 0.25) is 0 Å². The van der Waals surface area contributed by atoms with Gasteiger partial charge in [0.25, 0.3) is 5.91 Å². The summed E-state index contributed by atoms with van der Waals surface area (Å²) in [6.07, 6.45) is 9.86. The Hall–Kier alpha value is -2.40. The summed E-state index contributed by atoms with van der Waals surface area (Å²) in [4.78, 5) is 16.9. The van der Waals surface area contributed by atoms with Crippen LogP contribution >= 0.6 is 0 Å². The smallest absolute Gasteiger partial charge is 0.412 e. The van der Waals surface area contributed by atoms with Gasteiger partial charge in [-0.25, -0.2) is 0 Å². The summed E-state index contributed by atoms with van der Waals surface area (Å²) in [7, 11) is 0. The third-order valence-corrected chi connectivity index (χ3v) is 4.92. The molecule has 136 valence electrons. The zero-order valence-electron chi connectivity index (χ0n) is 14.9. The molecule has 3 aromatic rings. The van der Waals surface area contributed by atoms with E-state index >= 15 is 0 Å². The Labute approximate surface area is 159 Å². The van der Waals surface area contributed by atoms with Crippen molar-refractivity contribution in [1.82, 2.24) is 9.38 Å². The van der Waals surface area contributed by atoms with Crippen LogP contribution in [0.3, 0.4) is 0 Å². The predicted molar refractivity (Wildman–Crippen MR) is 97.6 cm³/mol. The number of hydrogen-bond donors (Lipinski definition) is 1. The molecule has 0 saturated heterocycles. The van der Waals surface area contributed by atoms with Crippen molar-refractivity contribution in [1.29, 1.82) is 0 Å². The Morgan fingerprint density at radius 3 is 2.58 bits per heavy atom. The minimum absolute atomic E-state index is 0. The molecule has 2 heterocycles. The van der Waals surface area contributed by atoms with Gasteiger partial charge in [0.05, 0.1) is 6.20 Å². The minimum atomic E-state index is -0.0354. The molecule has 0 bridgehead atoms. The minimum Gasteiger partial charge on any atom is -1.00 e. The van der Waals surface area contributed by atoms with Gasteiger partial charge >= 0.3 is 5.78 Å². The van der Waals surface area contributed by atoms with Crippen LogP contribution < -0.4 is 22.3 Å². The summed E-state index contributed by atoms with van der Waals surface area (Å²) in [5, 5.41) is 3.72. The fourth-order valence-corrected chi connectivity index (χ4v) is 3.76. The second kappa shape index (κ2) is 7.87. The second-order valence-electron chi connectivity index (χ2n) is 6.69. The maximum Gasteiger partial charge on any atom is 0.412 e. The number of anilines is 1. The van der Waals surface area contributed by atoms with Crippen LogP contribution in [-0.2, 0) is 0 Å². The van der Waals surface area contributed by atoms with E-state index < -0.39 is 0 Å². The lowest BCUT2D eigenvalue weighted by molar-refractivity contribution is -0.534. The van der Waals surface area contributed by atoms with Crippen molar-refractivity contribution in [3.8, 4) is 11.3 Å². The van der Waals surface area contributed by atoms with E-state index in [1.807, 2.05) is 47.0 Å². The molecule has 0 unspecified atom stereocenters. The van der Waals surface area contributed by atoms with Crippen LogP contribution in [0.5, 0.6) is 0 Å². The number of fused-ring (bicyclic) bond motifs is 1. The van der Waals surface area contributed by atoms with Crippen LogP contribution in [0, 0.1) is 0 Å². The average molecular weight is 371 g/mol. The molecule has 0 aliphatic heterocycles. The summed E-state index contributed by atoms with van der Waals surface area (Å²) in [5.74, 6) is 1.57. The quantitative estimate of drug-likeness (QED) is 0.690. The van der Waals surface area contributed by atoms with Crippen LogP contribution in [0.1, 0.15) is 43.8 Å². The molecule has 2 aromatic heterocycles. The van der Waals surface area contributed by atoms with E-state index in [2.05, 4.69) is 10.3 Å². The Balaban J connectivity index is 0.00000196. The Morgan fingerprint density at radius 1 is 1.15 bits per heavy atom. The number of carbonyl (C=O) groups is 1. The standard InChI is InChI=1S/C20H23N4O.ClH/c1-15(25)24-18(16-9-4-2-5-10-16)19(22-17-11-6-3-7-12-17)23-14-8-13-21-20(23)24;/h2,4-5,8-10,13-14,17,22H,3,6-7,11-12H2,1H3;1H/q+1;/p-1. The summed E-state index contributed by atoms with van der Waals surface area (Å²) in [6, 6.07) is 12.4. The van der Waals surface area contributed by atoms with Crippen molar-refractivity contribution in [2.24, 2.45) is 0 Å². The summed E-state index contributed by atoms with van der Waals surface area (Å²) < 4.78 is 3.71. The number of imidazole rings is 1. The third kappa shape index (κ3) is 3.31. The molecule has 26 heavy (non-hydrogen) atoms. The van der Waals surface area contributed by atoms with E-state index in [1.54, 1.807) is 17.7 Å². The molecule has 1 saturated carbocycles. The zero-order chi connectivity index (χ0) is 17.2. The van der Waals surface area contributed by atoms with Gasteiger partial charge in [-0.05, 0) is 12.8 Å². The summed E-state index contributed by atoms with van der Waals surface area (Å²) >= 11 is 0. The first kappa shape index (κ1) is 18.4. The van der Waals surface area contributed by atoms with E-state index in [9.17, 15) is 4.79 Å². The first-order chi connectivity index (χ1) is 12.3. The number of hydrogen-bond acceptors (Lipinski definition) is 3. The molecule has 5 nitrogen and oxygen atoms in total. The lowest BCUT2D eigenvalue weighted by atomic mass is 9.95. The first-order valence-electron chi connectivity index (χ1n) is 8.99.